The molecule has 0 unspecified atom stereocenters. The molecule has 0 saturated carbocycles. The summed E-state index contributed by atoms with van der Waals surface area (Å²) >= 11 is 3.49. The lowest BCUT2D eigenvalue weighted by Gasteiger charge is -2.24. The maximum Gasteiger partial charge on any atom is 0.147 e. The number of halogens is 2. The van der Waals surface area contributed by atoms with E-state index in [-0.39, 0.29) is 5.82 Å². The molecule has 2 aromatic rings. The molecule has 2 N–H and O–H groups in total. The van der Waals surface area contributed by atoms with E-state index in [1.165, 1.54) is 6.07 Å². The Morgan fingerprint density at radius 3 is 2.68 bits per heavy atom. The summed E-state index contributed by atoms with van der Waals surface area (Å²) in [6.45, 7) is 4.46. The minimum absolute atomic E-state index is 0.271. The highest BCUT2D eigenvalue weighted by atomic mass is 79.9. The van der Waals surface area contributed by atoms with Crippen LogP contribution in [0.15, 0.2) is 34.9 Å². The lowest BCUT2D eigenvalue weighted by molar-refractivity contribution is 0.625. The molecule has 3 nitrogen and oxygen atoms in total. The summed E-state index contributed by atoms with van der Waals surface area (Å²) in [5, 5.41) is 0. The summed E-state index contributed by atoms with van der Waals surface area (Å²) in [7, 11) is 0. The maximum atomic E-state index is 13.9. The number of para-hydroxylation sites is 1. The maximum absolute atomic E-state index is 13.9. The fraction of sp³-hybridized carbons (Fsp3) is 0.214. The fourth-order valence-electron chi connectivity index (χ4n) is 1.87. The summed E-state index contributed by atoms with van der Waals surface area (Å²) < 4.78 is 14.7. The largest absolute Gasteiger partial charge is 0.397 e. The summed E-state index contributed by atoms with van der Waals surface area (Å²) in [6.07, 6.45) is 1.60. The Hall–Kier alpha value is -1.62. The molecule has 0 aliphatic carbocycles. The molecule has 0 saturated heterocycles. The van der Waals surface area contributed by atoms with Crippen LogP contribution in [0.4, 0.5) is 21.6 Å². The lowest BCUT2D eigenvalue weighted by Crippen LogP contribution is -2.19. The van der Waals surface area contributed by atoms with Gasteiger partial charge >= 0.3 is 0 Å². The number of aromatic nitrogens is 1. The first-order valence-electron chi connectivity index (χ1n) is 5.99. The van der Waals surface area contributed by atoms with Gasteiger partial charge in [-0.1, -0.05) is 12.1 Å². The number of pyridine rings is 1. The van der Waals surface area contributed by atoms with E-state index in [9.17, 15) is 4.39 Å². The summed E-state index contributed by atoms with van der Waals surface area (Å²) in [4.78, 5) is 6.13. The average Bonchev–Trinajstić information content (AvgIpc) is 2.41. The van der Waals surface area contributed by atoms with E-state index in [1.54, 1.807) is 24.4 Å². The van der Waals surface area contributed by atoms with E-state index >= 15 is 0 Å². The van der Waals surface area contributed by atoms with Crippen molar-refractivity contribution in [1.29, 1.82) is 0 Å². The van der Waals surface area contributed by atoms with Crippen molar-refractivity contribution in [1.82, 2.24) is 4.98 Å². The molecular weight excluding hydrogens is 309 g/mol. The van der Waals surface area contributed by atoms with Crippen LogP contribution in [-0.4, -0.2) is 11.5 Å². The van der Waals surface area contributed by atoms with Gasteiger partial charge in [0.15, 0.2) is 0 Å². The highest BCUT2D eigenvalue weighted by molar-refractivity contribution is 9.10. The Morgan fingerprint density at radius 1 is 1.37 bits per heavy atom. The van der Waals surface area contributed by atoms with E-state index in [2.05, 4.69) is 20.9 Å². The number of nitrogen functional groups attached to an aromatic ring is 1. The third-order valence-corrected chi connectivity index (χ3v) is 3.95. The molecule has 5 heteroatoms. The van der Waals surface area contributed by atoms with Crippen molar-refractivity contribution in [2.45, 2.75) is 13.8 Å². The van der Waals surface area contributed by atoms with Crippen molar-refractivity contribution in [3.8, 4) is 0 Å². The topological polar surface area (TPSA) is 42.2 Å². The van der Waals surface area contributed by atoms with Crippen LogP contribution in [0.25, 0.3) is 0 Å². The molecule has 100 valence electrons. The number of anilines is 3. The number of hydrogen-bond donors (Lipinski definition) is 1. The van der Waals surface area contributed by atoms with Gasteiger partial charge in [-0.3, -0.25) is 0 Å². The first-order valence-corrected chi connectivity index (χ1v) is 6.78. The molecule has 19 heavy (non-hydrogen) atoms. The van der Waals surface area contributed by atoms with Crippen LogP contribution >= 0.6 is 15.9 Å². The molecule has 0 bridgehead atoms. The molecule has 2 rings (SSSR count). The Kier molecular flexibility index (Phi) is 4.04. The molecule has 1 aromatic heterocycles. The zero-order chi connectivity index (χ0) is 14.0. The Morgan fingerprint density at radius 2 is 2.05 bits per heavy atom. The SMILES string of the molecule is CCN(c1ccccc1F)c1ncc(N)c(C)c1Br. The standard InChI is InChI=1S/C14H15BrFN3/c1-3-19(12-7-5-4-6-10(12)16)14-13(15)9(2)11(17)8-18-14/h4-8H,3,17H2,1-2H3. The van der Waals surface area contributed by atoms with Gasteiger partial charge in [-0.25, -0.2) is 9.37 Å². The zero-order valence-corrected chi connectivity index (χ0v) is 12.4. The Labute approximate surface area is 120 Å². The van der Waals surface area contributed by atoms with Gasteiger partial charge in [-0.05, 0) is 47.5 Å². The molecule has 0 aliphatic rings. The van der Waals surface area contributed by atoms with Crippen molar-refractivity contribution >= 4 is 33.1 Å². The lowest BCUT2D eigenvalue weighted by atomic mass is 10.2. The van der Waals surface area contributed by atoms with Crippen LogP contribution in [0.1, 0.15) is 12.5 Å². The van der Waals surface area contributed by atoms with E-state index in [4.69, 9.17) is 5.73 Å². The van der Waals surface area contributed by atoms with Crippen LogP contribution in [0.3, 0.4) is 0 Å². The second-order valence-electron chi connectivity index (χ2n) is 4.17. The number of benzene rings is 1. The van der Waals surface area contributed by atoms with E-state index in [1.807, 2.05) is 18.7 Å². The molecule has 0 aliphatic heterocycles. The van der Waals surface area contributed by atoms with Crippen LogP contribution in [0, 0.1) is 12.7 Å². The van der Waals surface area contributed by atoms with Crippen molar-refractivity contribution in [2.75, 3.05) is 17.2 Å². The van der Waals surface area contributed by atoms with Crippen molar-refractivity contribution < 1.29 is 4.39 Å². The van der Waals surface area contributed by atoms with Gasteiger partial charge < -0.3 is 10.6 Å². The van der Waals surface area contributed by atoms with Crippen LogP contribution < -0.4 is 10.6 Å². The van der Waals surface area contributed by atoms with Crippen LogP contribution in [0.2, 0.25) is 0 Å². The normalized spacial score (nSPS) is 10.5. The van der Waals surface area contributed by atoms with Gasteiger partial charge in [-0.15, -0.1) is 0 Å². The summed E-state index contributed by atoms with van der Waals surface area (Å²) in [5.41, 5.74) is 7.83. The van der Waals surface area contributed by atoms with E-state index in [0.29, 0.717) is 23.7 Å². The first kappa shape index (κ1) is 13.8. The van der Waals surface area contributed by atoms with Crippen molar-refractivity contribution in [2.24, 2.45) is 0 Å². The second-order valence-corrected chi connectivity index (χ2v) is 4.96. The Bertz CT molecular complexity index is 601. The minimum atomic E-state index is -0.271. The third kappa shape index (κ3) is 2.56. The van der Waals surface area contributed by atoms with Crippen LogP contribution in [0.5, 0.6) is 0 Å². The number of nitrogens with two attached hydrogens (primary N) is 1. The molecular formula is C14H15BrFN3. The summed E-state index contributed by atoms with van der Waals surface area (Å²) in [6, 6.07) is 6.65. The highest BCUT2D eigenvalue weighted by Gasteiger charge is 2.17. The zero-order valence-electron chi connectivity index (χ0n) is 10.8. The molecule has 1 heterocycles. The fourth-order valence-corrected chi connectivity index (χ4v) is 2.42. The predicted octanol–water partition coefficient (Wildman–Crippen LogP) is 4.03. The highest BCUT2D eigenvalue weighted by Crippen LogP contribution is 2.35. The van der Waals surface area contributed by atoms with E-state index < -0.39 is 0 Å². The minimum Gasteiger partial charge on any atom is -0.397 e. The molecule has 0 spiro atoms. The average molecular weight is 324 g/mol. The number of hydrogen-bond acceptors (Lipinski definition) is 3. The van der Waals surface area contributed by atoms with Gasteiger partial charge in [0.05, 0.1) is 22.0 Å². The monoisotopic (exact) mass is 323 g/mol. The summed E-state index contributed by atoms with van der Waals surface area (Å²) in [5.74, 6) is 0.395. The molecule has 0 amide bonds. The second kappa shape index (κ2) is 5.57. The molecule has 0 atom stereocenters. The van der Waals surface area contributed by atoms with Crippen molar-refractivity contribution in [3.63, 3.8) is 0 Å². The van der Waals surface area contributed by atoms with Gasteiger partial charge in [-0.2, -0.15) is 0 Å². The molecule has 1 aromatic carbocycles. The predicted molar refractivity (Wildman–Crippen MR) is 80.2 cm³/mol. The van der Waals surface area contributed by atoms with Crippen LogP contribution in [-0.2, 0) is 0 Å². The molecule has 0 fully saturated rings. The number of nitrogens with zero attached hydrogens (tertiary/aromatic N) is 2. The first-order chi connectivity index (χ1) is 9.06. The smallest absolute Gasteiger partial charge is 0.147 e. The van der Waals surface area contributed by atoms with Gasteiger partial charge in [0.1, 0.15) is 11.6 Å². The van der Waals surface area contributed by atoms with Gasteiger partial charge in [0.2, 0.25) is 0 Å². The van der Waals surface area contributed by atoms with Gasteiger partial charge in [0, 0.05) is 6.54 Å². The van der Waals surface area contributed by atoms with Gasteiger partial charge in [0.25, 0.3) is 0 Å². The van der Waals surface area contributed by atoms with E-state index in [0.717, 1.165) is 10.0 Å². The quantitative estimate of drug-likeness (QED) is 0.927. The number of rotatable bonds is 3. The third-order valence-electron chi connectivity index (χ3n) is 3.00. The van der Waals surface area contributed by atoms with Crippen molar-refractivity contribution in [3.05, 3.63) is 46.3 Å². The Balaban J connectivity index is 2.55. The molecule has 0 radical (unpaired) electrons.